The fourth-order valence-corrected chi connectivity index (χ4v) is 1.59. The van der Waals surface area contributed by atoms with Crippen molar-refractivity contribution in [3.05, 3.63) is 17.8 Å². The highest BCUT2D eigenvalue weighted by Gasteiger charge is 2.16. The van der Waals surface area contributed by atoms with Gasteiger partial charge in [0.05, 0.1) is 5.69 Å². The second kappa shape index (κ2) is 6.04. The molecule has 0 spiro atoms. The summed E-state index contributed by atoms with van der Waals surface area (Å²) in [5.41, 5.74) is 1.17. The second-order valence-electron chi connectivity index (χ2n) is 4.87. The van der Waals surface area contributed by atoms with E-state index in [0.717, 1.165) is 36.8 Å². The third-order valence-corrected chi connectivity index (χ3v) is 2.80. The van der Waals surface area contributed by atoms with Crippen molar-refractivity contribution in [1.29, 1.82) is 0 Å². The smallest absolute Gasteiger partial charge is 0.148 e. The highest BCUT2D eigenvalue weighted by atomic mass is 35.5. The summed E-state index contributed by atoms with van der Waals surface area (Å²) in [6, 6.07) is 3.92. The van der Waals surface area contributed by atoms with Gasteiger partial charge in [-0.25, -0.2) is 0 Å². The van der Waals surface area contributed by atoms with Gasteiger partial charge < -0.3 is 5.32 Å². The molecule has 0 amide bonds. The van der Waals surface area contributed by atoms with E-state index in [9.17, 15) is 0 Å². The van der Waals surface area contributed by atoms with Gasteiger partial charge in [0, 0.05) is 12.4 Å². The maximum absolute atomic E-state index is 5.70. The third kappa shape index (κ3) is 4.79. The van der Waals surface area contributed by atoms with Crippen LogP contribution >= 0.6 is 11.6 Å². The molecule has 1 aromatic heterocycles. The van der Waals surface area contributed by atoms with E-state index in [1.54, 1.807) is 0 Å². The molecule has 0 saturated carbocycles. The lowest BCUT2D eigenvalue weighted by Crippen LogP contribution is -2.23. The number of nitrogens with zero attached hydrogens (tertiary/aromatic N) is 2. The first-order chi connectivity index (χ1) is 7.53. The lowest BCUT2D eigenvalue weighted by Gasteiger charge is -2.24. The van der Waals surface area contributed by atoms with Crippen molar-refractivity contribution in [2.45, 2.75) is 33.6 Å². The topological polar surface area (TPSA) is 37.8 Å². The van der Waals surface area contributed by atoms with Gasteiger partial charge in [-0.3, -0.25) is 0 Å². The van der Waals surface area contributed by atoms with Gasteiger partial charge in [-0.15, -0.1) is 16.7 Å². The number of alkyl halides is 1. The lowest BCUT2D eigenvalue weighted by molar-refractivity contribution is 0.355. The summed E-state index contributed by atoms with van der Waals surface area (Å²) in [4.78, 5) is 0. The zero-order valence-electron chi connectivity index (χ0n) is 10.3. The van der Waals surface area contributed by atoms with Crippen LogP contribution in [0.3, 0.4) is 0 Å². The van der Waals surface area contributed by atoms with Gasteiger partial charge in [0.25, 0.3) is 0 Å². The number of rotatable bonds is 6. The summed E-state index contributed by atoms with van der Waals surface area (Å²) in [6.45, 7) is 7.28. The summed E-state index contributed by atoms with van der Waals surface area (Å²) in [7, 11) is 0. The van der Waals surface area contributed by atoms with Crippen LogP contribution in [0.2, 0.25) is 0 Å². The minimum absolute atomic E-state index is 0.238. The third-order valence-electron chi connectivity index (χ3n) is 2.53. The number of hydrogen-bond donors (Lipinski definition) is 1. The Morgan fingerprint density at radius 3 is 2.62 bits per heavy atom. The monoisotopic (exact) mass is 241 g/mol. The number of nitrogens with one attached hydrogen (secondary N) is 1. The SMILES string of the molecule is Cc1ccc(NCC(C)(C)CCCCl)nn1. The molecule has 0 unspecified atom stereocenters. The Morgan fingerprint density at radius 1 is 1.31 bits per heavy atom. The maximum Gasteiger partial charge on any atom is 0.148 e. The molecule has 90 valence electrons. The predicted molar refractivity (Wildman–Crippen MR) is 69.0 cm³/mol. The number of anilines is 1. The van der Waals surface area contributed by atoms with Crippen LogP contribution in [0.15, 0.2) is 12.1 Å². The Kier molecular flexibility index (Phi) is 5.00. The summed E-state index contributed by atoms with van der Waals surface area (Å²) in [6.07, 6.45) is 2.17. The molecule has 0 radical (unpaired) electrons. The molecule has 1 N–H and O–H groups in total. The quantitative estimate of drug-likeness (QED) is 0.777. The molecule has 0 aromatic carbocycles. The standard InChI is InChI=1S/C12H20ClN3/c1-10-5-6-11(16-15-10)14-9-12(2,3)7-4-8-13/h5-6H,4,7-9H2,1-3H3,(H,14,16). The van der Waals surface area contributed by atoms with E-state index in [1.807, 2.05) is 19.1 Å². The molecule has 0 atom stereocenters. The minimum Gasteiger partial charge on any atom is -0.368 e. The van der Waals surface area contributed by atoms with E-state index >= 15 is 0 Å². The van der Waals surface area contributed by atoms with Crippen molar-refractivity contribution in [3.8, 4) is 0 Å². The highest BCUT2D eigenvalue weighted by Crippen LogP contribution is 2.22. The molecule has 0 aliphatic heterocycles. The number of halogens is 1. The van der Waals surface area contributed by atoms with Crippen molar-refractivity contribution in [2.75, 3.05) is 17.7 Å². The van der Waals surface area contributed by atoms with Gasteiger partial charge in [0.1, 0.15) is 5.82 Å². The van der Waals surface area contributed by atoms with Crippen LogP contribution < -0.4 is 5.32 Å². The van der Waals surface area contributed by atoms with E-state index in [2.05, 4.69) is 29.4 Å². The Balaban J connectivity index is 2.41. The fraction of sp³-hybridized carbons (Fsp3) is 0.667. The molecule has 1 rings (SSSR count). The van der Waals surface area contributed by atoms with E-state index < -0.39 is 0 Å². The molecular weight excluding hydrogens is 222 g/mol. The van der Waals surface area contributed by atoms with Gasteiger partial charge in [-0.1, -0.05) is 13.8 Å². The van der Waals surface area contributed by atoms with Crippen molar-refractivity contribution >= 4 is 17.4 Å². The van der Waals surface area contributed by atoms with Crippen molar-refractivity contribution in [3.63, 3.8) is 0 Å². The molecular formula is C12H20ClN3. The zero-order chi connectivity index (χ0) is 12.0. The summed E-state index contributed by atoms with van der Waals surface area (Å²) in [5, 5.41) is 11.4. The first kappa shape index (κ1) is 13.2. The van der Waals surface area contributed by atoms with Crippen molar-refractivity contribution in [1.82, 2.24) is 10.2 Å². The van der Waals surface area contributed by atoms with Gasteiger partial charge in [-0.2, -0.15) is 5.10 Å². The Hall–Kier alpha value is -0.830. The van der Waals surface area contributed by atoms with Crippen LogP contribution in [-0.4, -0.2) is 22.6 Å². The first-order valence-electron chi connectivity index (χ1n) is 5.64. The van der Waals surface area contributed by atoms with Crippen molar-refractivity contribution < 1.29 is 0 Å². The highest BCUT2D eigenvalue weighted by molar-refractivity contribution is 6.17. The predicted octanol–water partition coefficient (Wildman–Crippen LogP) is 3.24. The molecule has 0 aliphatic rings. The van der Waals surface area contributed by atoms with Gasteiger partial charge in [0.2, 0.25) is 0 Å². The summed E-state index contributed by atoms with van der Waals surface area (Å²) >= 11 is 5.70. The largest absolute Gasteiger partial charge is 0.368 e. The van der Waals surface area contributed by atoms with E-state index in [-0.39, 0.29) is 5.41 Å². The van der Waals surface area contributed by atoms with Crippen LogP contribution in [-0.2, 0) is 0 Å². The first-order valence-corrected chi connectivity index (χ1v) is 6.17. The molecule has 1 heterocycles. The summed E-state index contributed by atoms with van der Waals surface area (Å²) < 4.78 is 0. The van der Waals surface area contributed by atoms with Gasteiger partial charge in [0.15, 0.2) is 0 Å². The molecule has 16 heavy (non-hydrogen) atoms. The van der Waals surface area contributed by atoms with E-state index in [0.29, 0.717) is 0 Å². The van der Waals surface area contributed by atoms with Gasteiger partial charge >= 0.3 is 0 Å². The van der Waals surface area contributed by atoms with E-state index in [1.165, 1.54) is 0 Å². The molecule has 0 saturated heterocycles. The number of aromatic nitrogens is 2. The van der Waals surface area contributed by atoms with Gasteiger partial charge in [-0.05, 0) is 37.3 Å². The van der Waals surface area contributed by atoms with Crippen LogP contribution in [0.5, 0.6) is 0 Å². The Bertz CT molecular complexity index is 309. The lowest BCUT2D eigenvalue weighted by atomic mass is 9.88. The molecule has 0 aliphatic carbocycles. The molecule has 1 aromatic rings. The molecule has 0 fully saturated rings. The normalized spacial score (nSPS) is 11.5. The van der Waals surface area contributed by atoms with E-state index in [4.69, 9.17) is 11.6 Å². The summed E-state index contributed by atoms with van der Waals surface area (Å²) in [5.74, 6) is 1.57. The maximum atomic E-state index is 5.70. The second-order valence-corrected chi connectivity index (χ2v) is 5.25. The average Bonchev–Trinajstić information content (AvgIpc) is 2.26. The molecule has 3 nitrogen and oxygen atoms in total. The average molecular weight is 242 g/mol. The molecule has 4 heteroatoms. The fourth-order valence-electron chi connectivity index (χ4n) is 1.46. The van der Waals surface area contributed by atoms with Crippen LogP contribution in [0.25, 0.3) is 0 Å². The van der Waals surface area contributed by atoms with Crippen LogP contribution in [0.4, 0.5) is 5.82 Å². The Labute approximate surface area is 103 Å². The molecule has 0 bridgehead atoms. The van der Waals surface area contributed by atoms with Crippen molar-refractivity contribution in [2.24, 2.45) is 5.41 Å². The zero-order valence-corrected chi connectivity index (χ0v) is 11.0. The number of aryl methyl sites for hydroxylation is 1. The Morgan fingerprint density at radius 2 is 2.06 bits per heavy atom. The van der Waals surface area contributed by atoms with Crippen LogP contribution in [0.1, 0.15) is 32.4 Å². The number of hydrogen-bond acceptors (Lipinski definition) is 3. The van der Waals surface area contributed by atoms with Crippen LogP contribution in [0, 0.1) is 12.3 Å². The minimum atomic E-state index is 0.238.